The molecule has 3 aromatic rings. The lowest BCUT2D eigenvalue weighted by molar-refractivity contribution is 0.0935. The highest BCUT2D eigenvalue weighted by atomic mass is 32.2. The number of rotatable bonds is 7. The summed E-state index contributed by atoms with van der Waals surface area (Å²) in [5.41, 5.74) is 5.61. The van der Waals surface area contributed by atoms with Gasteiger partial charge in [0.15, 0.2) is 0 Å². The summed E-state index contributed by atoms with van der Waals surface area (Å²) in [4.78, 5) is 14.0. The summed E-state index contributed by atoms with van der Waals surface area (Å²) < 4.78 is 0. The summed E-state index contributed by atoms with van der Waals surface area (Å²) in [6.07, 6.45) is 0.861. The Bertz CT molecular complexity index is 919. The molecule has 0 radical (unpaired) electrons. The second-order valence-corrected chi connectivity index (χ2v) is 8.13. The number of hydrogen-bond donors (Lipinski definition) is 1. The van der Waals surface area contributed by atoms with Crippen LogP contribution in [-0.4, -0.2) is 5.91 Å². The van der Waals surface area contributed by atoms with Crippen LogP contribution in [0.25, 0.3) is 0 Å². The summed E-state index contributed by atoms with van der Waals surface area (Å²) >= 11 is 1.80. The van der Waals surface area contributed by atoms with Gasteiger partial charge in [-0.1, -0.05) is 55.5 Å². The Balaban J connectivity index is 1.62. The number of aryl methyl sites for hydroxylation is 2. The van der Waals surface area contributed by atoms with E-state index in [-0.39, 0.29) is 11.9 Å². The van der Waals surface area contributed by atoms with Crippen LogP contribution in [0, 0.1) is 13.8 Å². The quantitative estimate of drug-likeness (QED) is 0.469. The number of nitrogens with one attached hydrogen (secondary N) is 1. The van der Waals surface area contributed by atoms with Crippen molar-refractivity contribution < 1.29 is 4.79 Å². The van der Waals surface area contributed by atoms with E-state index in [1.807, 2.05) is 30.3 Å². The van der Waals surface area contributed by atoms with Gasteiger partial charge in [-0.05, 0) is 66.8 Å². The highest BCUT2D eigenvalue weighted by molar-refractivity contribution is 7.98. The van der Waals surface area contributed by atoms with E-state index < -0.39 is 0 Å². The largest absolute Gasteiger partial charge is 0.345 e. The fourth-order valence-corrected chi connectivity index (χ4v) is 3.96. The first-order valence-electron chi connectivity index (χ1n) is 9.71. The van der Waals surface area contributed by atoms with E-state index in [4.69, 9.17) is 0 Å². The highest BCUT2D eigenvalue weighted by Crippen LogP contribution is 2.23. The molecule has 3 rings (SSSR count). The van der Waals surface area contributed by atoms with Crippen LogP contribution in [0.4, 0.5) is 0 Å². The van der Waals surface area contributed by atoms with Crippen molar-refractivity contribution in [3.05, 3.63) is 101 Å². The van der Waals surface area contributed by atoms with Gasteiger partial charge in [-0.2, -0.15) is 0 Å². The number of hydrogen-bond acceptors (Lipinski definition) is 2. The first kappa shape index (κ1) is 20.2. The average molecular weight is 390 g/mol. The average Bonchev–Trinajstić information content (AvgIpc) is 2.73. The SMILES string of the molecule is CC[C@@H](NC(=O)c1ccc(CSc2ccccc2)cc1)c1ccc(C)c(C)c1. The molecule has 0 aromatic heterocycles. The van der Waals surface area contributed by atoms with Crippen LogP contribution >= 0.6 is 11.8 Å². The number of thioether (sulfide) groups is 1. The van der Waals surface area contributed by atoms with Crippen molar-refractivity contribution in [3.8, 4) is 0 Å². The second kappa shape index (κ2) is 9.61. The van der Waals surface area contributed by atoms with Gasteiger partial charge in [-0.3, -0.25) is 4.79 Å². The summed E-state index contributed by atoms with van der Waals surface area (Å²) in [5, 5.41) is 3.18. The lowest BCUT2D eigenvalue weighted by Crippen LogP contribution is -2.28. The Morgan fingerprint density at radius 3 is 2.29 bits per heavy atom. The van der Waals surface area contributed by atoms with E-state index in [1.54, 1.807) is 11.8 Å². The molecule has 1 atom stereocenters. The van der Waals surface area contributed by atoms with Crippen molar-refractivity contribution in [2.24, 2.45) is 0 Å². The molecule has 0 aliphatic rings. The van der Waals surface area contributed by atoms with E-state index in [9.17, 15) is 4.79 Å². The van der Waals surface area contributed by atoms with Crippen molar-refractivity contribution in [2.75, 3.05) is 0 Å². The molecule has 0 aliphatic carbocycles. The molecule has 144 valence electrons. The van der Waals surface area contributed by atoms with Crippen LogP contribution in [0.15, 0.2) is 77.7 Å². The van der Waals surface area contributed by atoms with Crippen LogP contribution in [0.1, 0.15) is 52.0 Å². The summed E-state index contributed by atoms with van der Waals surface area (Å²) in [5.74, 6) is 0.874. The van der Waals surface area contributed by atoms with Gasteiger partial charge in [0.25, 0.3) is 5.91 Å². The van der Waals surface area contributed by atoms with Gasteiger partial charge in [0.1, 0.15) is 0 Å². The lowest BCUT2D eigenvalue weighted by atomic mass is 9.99. The van der Waals surface area contributed by atoms with Crippen LogP contribution < -0.4 is 5.32 Å². The van der Waals surface area contributed by atoms with Crippen LogP contribution in [0.2, 0.25) is 0 Å². The molecule has 0 saturated carbocycles. The Morgan fingerprint density at radius 1 is 0.929 bits per heavy atom. The Kier molecular flexibility index (Phi) is 6.94. The fourth-order valence-electron chi connectivity index (χ4n) is 3.08. The first-order chi connectivity index (χ1) is 13.6. The van der Waals surface area contributed by atoms with Crippen molar-refractivity contribution in [1.29, 1.82) is 0 Å². The van der Waals surface area contributed by atoms with Gasteiger partial charge < -0.3 is 5.32 Å². The third-order valence-electron chi connectivity index (χ3n) is 5.01. The maximum absolute atomic E-state index is 12.7. The molecule has 3 heteroatoms. The molecular weight excluding hydrogens is 362 g/mol. The third kappa shape index (κ3) is 5.26. The molecule has 0 fully saturated rings. The normalized spacial score (nSPS) is 11.8. The minimum absolute atomic E-state index is 0.0210. The van der Waals surface area contributed by atoms with Crippen LogP contribution in [0.3, 0.4) is 0 Å². The predicted molar refractivity (Wildman–Crippen MR) is 119 cm³/mol. The predicted octanol–water partition coefficient (Wildman–Crippen LogP) is 6.48. The Morgan fingerprint density at radius 2 is 1.64 bits per heavy atom. The zero-order valence-corrected chi connectivity index (χ0v) is 17.6. The Hall–Kier alpha value is -2.52. The molecule has 28 heavy (non-hydrogen) atoms. The van der Waals surface area contributed by atoms with E-state index in [2.05, 4.69) is 68.6 Å². The molecular formula is C25H27NOS. The molecule has 0 bridgehead atoms. The topological polar surface area (TPSA) is 29.1 Å². The van der Waals surface area contributed by atoms with Crippen molar-refractivity contribution in [1.82, 2.24) is 5.32 Å². The molecule has 1 N–H and O–H groups in total. The number of amides is 1. The van der Waals surface area contributed by atoms with E-state index >= 15 is 0 Å². The standard InChI is InChI=1S/C25H27NOS/c1-4-24(22-13-10-18(2)19(3)16-22)26-25(27)21-14-11-20(12-15-21)17-28-23-8-6-5-7-9-23/h5-16,24H,4,17H2,1-3H3,(H,26,27)/t24-/m1/s1. The van der Waals surface area contributed by atoms with Gasteiger partial charge in [0.2, 0.25) is 0 Å². The van der Waals surface area contributed by atoms with Gasteiger partial charge in [-0.15, -0.1) is 11.8 Å². The first-order valence-corrected chi connectivity index (χ1v) is 10.7. The van der Waals surface area contributed by atoms with Gasteiger partial charge in [0, 0.05) is 16.2 Å². The maximum atomic E-state index is 12.7. The number of benzene rings is 3. The molecule has 2 nitrogen and oxygen atoms in total. The molecule has 0 heterocycles. The second-order valence-electron chi connectivity index (χ2n) is 7.08. The van der Waals surface area contributed by atoms with Gasteiger partial charge in [-0.25, -0.2) is 0 Å². The van der Waals surface area contributed by atoms with Crippen LogP contribution in [0.5, 0.6) is 0 Å². The van der Waals surface area contributed by atoms with Crippen LogP contribution in [-0.2, 0) is 5.75 Å². The molecule has 0 spiro atoms. The minimum atomic E-state index is -0.0210. The lowest BCUT2D eigenvalue weighted by Gasteiger charge is -2.19. The number of carbonyl (C=O) groups excluding carboxylic acids is 1. The molecule has 0 aliphatic heterocycles. The zero-order valence-electron chi connectivity index (χ0n) is 16.7. The highest BCUT2D eigenvalue weighted by Gasteiger charge is 2.14. The van der Waals surface area contributed by atoms with Gasteiger partial charge in [0.05, 0.1) is 6.04 Å². The van der Waals surface area contributed by atoms with Crippen molar-refractivity contribution >= 4 is 17.7 Å². The third-order valence-corrected chi connectivity index (χ3v) is 6.09. The van der Waals surface area contributed by atoms with Gasteiger partial charge >= 0.3 is 0 Å². The monoisotopic (exact) mass is 389 g/mol. The Labute approximate surface area is 172 Å². The summed E-state index contributed by atoms with van der Waals surface area (Å²) in [6.45, 7) is 6.32. The summed E-state index contributed by atoms with van der Waals surface area (Å²) in [6, 6.07) is 24.7. The number of carbonyl (C=O) groups is 1. The molecule has 0 saturated heterocycles. The molecule has 1 amide bonds. The smallest absolute Gasteiger partial charge is 0.251 e. The summed E-state index contributed by atoms with van der Waals surface area (Å²) in [7, 11) is 0. The maximum Gasteiger partial charge on any atom is 0.251 e. The van der Waals surface area contributed by atoms with E-state index in [0.29, 0.717) is 5.56 Å². The molecule has 0 unspecified atom stereocenters. The van der Waals surface area contributed by atoms with E-state index in [1.165, 1.54) is 21.6 Å². The molecule has 3 aromatic carbocycles. The zero-order chi connectivity index (χ0) is 19.9. The minimum Gasteiger partial charge on any atom is -0.345 e. The van der Waals surface area contributed by atoms with Crippen molar-refractivity contribution in [2.45, 2.75) is 43.9 Å². The van der Waals surface area contributed by atoms with E-state index in [0.717, 1.165) is 17.7 Å². The van der Waals surface area contributed by atoms with Crippen molar-refractivity contribution in [3.63, 3.8) is 0 Å². The fraction of sp³-hybridized carbons (Fsp3) is 0.240.